The van der Waals surface area contributed by atoms with Gasteiger partial charge in [0.2, 0.25) is 17.8 Å². The molecule has 2 aromatic heterocycles. The summed E-state index contributed by atoms with van der Waals surface area (Å²) in [5, 5.41) is 13.6. The second kappa shape index (κ2) is 9.27. The Labute approximate surface area is 191 Å². The Kier molecular flexibility index (Phi) is 5.88. The number of benzene rings is 1. The topological polar surface area (TPSA) is 120 Å². The normalized spacial score (nSPS) is 16.1. The Morgan fingerprint density at radius 3 is 2.21 bits per heavy atom. The highest BCUT2D eigenvalue weighted by Crippen LogP contribution is 2.26. The first-order chi connectivity index (χ1) is 16.2. The van der Waals surface area contributed by atoms with E-state index in [0.29, 0.717) is 34.9 Å². The molecule has 10 nitrogen and oxygen atoms in total. The molecule has 3 aromatic rings. The lowest BCUT2D eigenvalue weighted by molar-refractivity contribution is 0.0697. The zero-order chi connectivity index (χ0) is 22.6. The van der Waals surface area contributed by atoms with Crippen LogP contribution < -0.4 is 15.2 Å². The number of aromatic nitrogens is 3. The van der Waals surface area contributed by atoms with Gasteiger partial charge in [-0.3, -0.25) is 0 Å². The summed E-state index contributed by atoms with van der Waals surface area (Å²) in [5.74, 6) is 1.67. The number of hydrogen-bond acceptors (Lipinski definition) is 9. The van der Waals surface area contributed by atoms with Gasteiger partial charge in [0.15, 0.2) is 0 Å². The summed E-state index contributed by atoms with van der Waals surface area (Å²) in [6.07, 6.45) is 6.06. The SMILES string of the molecule is O=C(O)c1ccccc1-c1ccc(/C=N/Nc2nc(N3CCCC3)nc(N3CCCC3)n2)o1. The van der Waals surface area contributed by atoms with Crippen molar-refractivity contribution in [3.8, 4) is 11.3 Å². The molecule has 0 spiro atoms. The molecule has 2 aliphatic rings. The van der Waals surface area contributed by atoms with E-state index in [1.54, 1.807) is 36.4 Å². The highest BCUT2D eigenvalue weighted by atomic mass is 16.4. The predicted octanol–water partition coefficient (Wildman–Crippen LogP) is 3.48. The maximum absolute atomic E-state index is 11.5. The number of carboxylic acid groups (broad SMARTS) is 1. The first-order valence-corrected chi connectivity index (χ1v) is 11.1. The standard InChI is InChI=1S/C23H25N7O3/c31-20(32)18-8-2-1-7-17(18)19-10-9-16(33-19)15-24-28-21-25-22(29-11-3-4-12-29)27-23(26-21)30-13-5-6-14-30/h1-2,7-10,15H,3-6,11-14H2,(H,31,32)(H,25,26,27,28)/b24-15+. The Morgan fingerprint density at radius 1 is 0.939 bits per heavy atom. The molecule has 2 aliphatic heterocycles. The van der Waals surface area contributed by atoms with Crippen molar-refractivity contribution in [1.29, 1.82) is 0 Å². The number of rotatable bonds is 7. The monoisotopic (exact) mass is 447 g/mol. The van der Waals surface area contributed by atoms with Crippen LogP contribution in [0.3, 0.4) is 0 Å². The van der Waals surface area contributed by atoms with Gasteiger partial charge in [0.1, 0.15) is 11.5 Å². The summed E-state index contributed by atoms with van der Waals surface area (Å²) in [4.78, 5) is 29.6. The average molecular weight is 447 g/mol. The van der Waals surface area contributed by atoms with Crippen LogP contribution in [0.15, 0.2) is 45.9 Å². The van der Waals surface area contributed by atoms with E-state index in [1.807, 2.05) is 0 Å². The minimum absolute atomic E-state index is 0.183. The molecule has 0 aliphatic carbocycles. The fourth-order valence-corrected chi connectivity index (χ4v) is 4.13. The van der Waals surface area contributed by atoms with Crippen LogP contribution in [0.5, 0.6) is 0 Å². The minimum Gasteiger partial charge on any atom is -0.478 e. The van der Waals surface area contributed by atoms with Gasteiger partial charge in [-0.1, -0.05) is 18.2 Å². The minimum atomic E-state index is -1.00. The second-order valence-electron chi connectivity index (χ2n) is 8.07. The summed E-state index contributed by atoms with van der Waals surface area (Å²) in [7, 11) is 0. The van der Waals surface area contributed by atoms with Gasteiger partial charge in [-0.05, 0) is 43.9 Å². The summed E-state index contributed by atoms with van der Waals surface area (Å²) >= 11 is 0. The Balaban J connectivity index is 1.34. The van der Waals surface area contributed by atoms with Crippen molar-refractivity contribution in [3.63, 3.8) is 0 Å². The zero-order valence-electron chi connectivity index (χ0n) is 18.1. The van der Waals surface area contributed by atoms with Crippen LogP contribution in [0.2, 0.25) is 0 Å². The van der Waals surface area contributed by atoms with Gasteiger partial charge in [-0.25, -0.2) is 10.2 Å². The molecule has 4 heterocycles. The lowest BCUT2D eigenvalue weighted by atomic mass is 10.1. The van der Waals surface area contributed by atoms with Gasteiger partial charge in [0, 0.05) is 31.7 Å². The number of nitrogens with zero attached hydrogens (tertiary/aromatic N) is 6. The molecular formula is C23H25N7O3. The Bertz CT molecular complexity index is 1130. The predicted molar refractivity (Wildman–Crippen MR) is 125 cm³/mol. The van der Waals surface area contributed by atoms with Gasteiger partial charge < -0.3 is 19.3 Å². The molecule has 170 valence electrons. The molecule has 2 saturated heterocycles. The number of carbonyl (C=O) groups is 1. The fraction of sp³-hybridized carbons (Fsp3) is 0.348. The molecule has 1 aromatic carbocycles. The van der Waals surface area contributed by atoms with Gasteiger partial charge >= 0.3 is 5.97 Å². The van der Waals surface area contributed by atoms with E-state index < -0.39 is 5.97 Å². The van der Waals surface area contributed by atoms with Crippen molar-refractivity contribution >= 4 is 30.0 Å². The van der Waals surface area contributed by atoms with E-state index in [4.69, 9.17) is 9.40 Å². The number of anilines is 3. The van der Waals surface area contributed by atoms with Crippen molar-refractivity contribution < 1.29 is 14.3 Å². The van der Waals surface area contributed by atoms with Crippen LogP contribution in [-0.2, 0) is 0 Å². The van der Waals surface area contributed by atoms with Gasteiger partial charge in [0.05, 0.1) is 11.8 Å². The molecule has 0 radical (unpaired) electrons. The van der Waals surface area contributed by atoms with Crippen molar-refractivity contribution in [2.75, 3.05) is 41.4 Å². The molecule has 2 N–H and O–H groups in total. The first-order valence-electron chi connectivity index (χ1n) is 11.1. The lowest BCUT2D eigenvalue weighted by Gasteiger charge is -2.20. The van der Waals surface area contributed by atoms with E-state index in [1.165, 1.54) is 6.21 Å². The number of nitrogens with one attached hydrogen (secondary N) is 1. The Morgan fingerprint density at radius 2 is 1.58 bits per heavy atom. The Hall–Kier alpha value is -3.95. The smallest absolute Gasteiger partial charge is 0.336 e. The van der Waals surface area contributed by atoms with E-state index in [-0.39, 0.29) is 5.56 Å². The van der Waals surface area contributed by atoms with Crippen LogP contribution >= 0.6 is 0 Å². The molecular weight excluding hydrogens is 422 g/mol. The van der Waals surface area contributed by atoms with E-state index in [0.717, 1.165) is 51.9 Å². The molecule has 0 saturated carbocycles. The van der Waals surface area contributed by atoms with E-state index in [9.17, 15) is 9.90 Å². The van der Waals surface area contributed by atoms with E-state index >= 15 is 0 Å². The third-order valence-corrected chi connectivity index (χ3v) is 5.80. The van der Waals surface area contributed by atoms with Crippen molar-refractivity contribution in [2.24, 2.45) is 5.10 Å². The summed E-state index contributed by atoms with van der Waals surface area (Å²) < 4.78 is 5.79. The molecule has 0 unspecified atom stereocenters. The quantitative estimate of drug-likeness (QED) is 0.414. The fourth-order valence-electron chi connectivity index (χ4n) is 4.13. The summed E-state index contributed by atoms with van der Waals surface area (Å²) in [6.45, 7) is 3.77. The van der Waals surface area contributed by atoms with Crippen LogP contribution in [0.1, 0.15) is 41.8 Å². The summed E-state index contributed by atoms with van der Waals surface area (Å²) in [6, 6.07) is 10.2. The highest BCUT2D eigenvalue weighted by molar-refractivity contribution is 5.95. The molecule has 10 heteroatoms. The largest absolute Gasteiger partial charge is 0.478 e. The maximum atomic E-state index is 11.5. The summed E-state index contributed by atoms with van der Waals surface area (Å²) in [5.41, 5.74) is 3.60. The third-order valence-electron chi connectivity index (χ3n) is 5.80. The zero-order valence-corrected chi connectivity index (χ0v) is 18.1. The van der Waals surface area contributed by atoms with Crippen molar-refractivity contribution in [1.82, 2.24) is 15.0 Å². The molecule has 5 rings (SSSR count). The number of furan rings is 1. The lowest BCUT2D eigenvalue weighted by Crippen LogP contribution is -2.25. The number of aromatic carboxylic acids is 1. The molecule has 0 amide bonds. The van der Waals surface area contributed by atoms with Crippen LogP contribution in [0, 0.1) is 0 Å². The van der Waals surface area contributed by atoms with Crippen molar-refractivity contribution in [2.45, 2.75) is 25.7 Å². The van der Waals surface area contributed by atoms with Crippen LogP contribution in [0.25, 0.3) is 11.3 Å². The van der Waals surface area contributed by atoms with Gasteiger partial charge in [-0.2, -0.15) is 20.1 Å². The van der Waals surface area contributed by atoms with E-state index in [2.05, 4.69) is 30.3 Å². The van der Waals surface area contributed by atoms with Crippen LogP contribution in [0.4, 0.5) is 17.8 Å². The second-order valence-corrected chi connectivity index (χ2v) is 8.07. The molecule has 0 bridgehead atoms. The third kappa shape index (κ3) is 4.64. The number of hydrazone groups is 1. The van der Waals surface area contributed by atoms with Crippen molar-refractivity contribution in [3.05, 3.63) is 47.7 Å². The van der Waals surface area contributed by atoms with Crippen LogP contribution in [-0.4, -0.2) is 58.4 Å². The number of carboxylic acids is 1. The van der Waals surface area contributed by atoms with Gasteiger partial charge in [0.25, 0.3) is 0 Å². The molecule has 0 atom stereocenters. The molecule has 33 heavy (non-hydrogen) atoms. The first kappa shape index (κ1) is 20.9. The highest BCUT2D eigenvalue weighted by Gasteiger charge is 2.21. The molecule has 2 fully saturated rings. The van der Waals surface area contributed by atoms with Gasteiger partial charge in [-0.15, -0.1) is 0 Å². The average Bonchev–Trinajstić information content (AvgIpc) is 3.62. The number of hydrogen-bond donors (Lipinski definition) is 2. The maximum Gasteiger partial charge on any atom is 0.336 e.